The van der Waals surface area contributed by atoms with Crippen LogP contribution in [-0.4, -0.2) is 17.6 Å². The van der Waals surface area contributed by atoms with Crippen molar-refractivity contribution >= 4 is 17.3 Å². The lowest BCUT2D eigenvalue weighted by Gasteiger charge is -2.04. The van der Waals surface area contributed by atoms with Crippen LogP contribution in [0, 0.1) is 13.8 Å². The highest BCUT2D eigenvalue weighted by Gasteiger charge is 2.09. The summed E-state index contributed by atoms with van der Waals surface area (Å²) in [5.74, 6) is -0.329. The average Bonchev–Trinajstić information content (AvgIpc) is 2.55. The van der Waals surface area contributed by atoms with E-state index >= 15 is 0 Å². The molecule has 0 aliphatic heterocycles. The fraction of sp³-hybridized carbons (Fsp3) is 0.500. The molecule has 0 bridgehead atoms. The second-order valence-corrected chi connectivity index (χ2v) is 4.86. The number of allylic oxidation sites excluding steroid dienone is 1. The van der Waals surface area contributed by atoms with Crippen LogP contribution in [0.2, 0.25) is 0 Å². The normalized spacial score (nSPS) is 11.6. The maximum absolute atomic E-state index is 11.6. The molecule has 1 aromatic rings. The van der Waals surface area contributed by atoms with Gasteiger partial charge in [-0.2, -0.15) is 0 Å². The van der Waals surface area contributed by atoms with Gasteiger partial charge in [0.15, 0.2) is 0 Å². The Hall–Kier alpha value is -1.36. The van der Waals surface area contributed by atoms with Crippen molar-refractivity contribution in [3.63, 3.8) is 0 Å². The quantitative estimate of drug-likeness (QED) is 0.611. The van der Waals surface area contributed by atoms with Crippen LogP contribution in [0.15, 0.2) is 16.4 Å². The van der Waals surface area contributed by atoms with Crippen LogP contribution in [0.25, 0.3) is 0 Å². The van der Waals surface area contributed by atoms with Gasteiger partial charge in [-0.15, -0.1) is 0 Å². The van der Waals surface area contributed by atoms with Crippen LogP contribution in [0.5, 0.6) is 0 Å². The Balaban J connectivity index is 2.95. The SMILES string of the molecule is CCC(=CCn1c(C)c(C)sc1=O)C(=O)OC. The molecule has 0 spiro atoms. The number of methoxy groups -OCH3 is 1. The largest absolute Gasteiger partial charge is 0.466 e. The number of aromatic nitrogens is 1. The number of esters is 1. The predicted octanol–water partition coefficient (Wildman–Crippen LogP) is 2.04. The van der Waals surface area contributed by atoms with Gasteiger partial charge in [0, 0.05) is 22.7 Å². The summed E-state index contributed by atoms with van der Waals surface area (Å²) < 4.78 is 6.33. The van der Waals surface area contributed by atoms with E-state index in [1.807, 2.05) is 20.8 Å². The van der Waals surface area contributed by atoms with Gasteiger partial charge in [-0.3, -0.25) is 9.36 Å². The summed E-state index contributed by atoms with van der Waals surface area (Å²) in [7, 11) is 1.36. The van der Waals surface area contributed by atoms with E-state index in [1.54, 1.807) is 10.6 Å². The summed E-state index contributed by atoms with van der Waals surface area (Å²) >= 11 is 1.23. The number of carbonyl (C=O) groups excluding carboxylic acids is 1. The lowest BCUT2D eigenvalue weighted by atomic mass is 10.2. The number of carbonyl (C=O) groups is 1. The lowest BCUT2D eigenvalue weighted by Crippen LogP contribution is -2.14. The van der Waals surface area contributed by atoms with E-state index in [0.717, 1.165) is 10.6 Å². The molecule has 0 atom stereocenters. The summed E-state index contributed by atoms with van der Waals surface area (Å²) in [5, 5.41) is 0. The van der Waals surface area contributed by atoms with Gasteiger partial charge in [-0.1, -0.05) is 24.3 Å². The van der Waals surface area contributed by atoms with Crippen molar-refractivity contribution < 1.29 is 9.53 Å². The van der Waals surface area contributed by atoms with E-state index in [0.29, 0.717) is 18.5 Å². The van der Waals surface area contributed by atoms with Crippen LogP contribution >= 0.6 is 11.3 Å². The molecule has 0 fully saturated rings. The molecule has 17 heavy (non-hydrogen) atoms. The Morgan fingerprint density at radius 3 is 2.53 bits per heavy atom. The van der Waals surface area contributed by atoms with Crippen molar-refractivity contribution in [2.45, 2.75) is 33.7 Å². The number of thiazole rings is 1. The van der Waals surface area contributed by atoms with E-state index < -0.39 is 0 Å². The fourth-order valence-electron chi connectivity index (χ4n) is 1.50. The van der Waals surface area contributed by atoms with Gasteiger partial charge in [-0.25, -0.2) is 4.79 Å². The van der Waals surface area contributed by atoms with Crippen LogP contribution in [0.1, 0.15) is 23.9 Å². The van der Waals surface area contributed by atoms with Gasteiger partial charge in [0.1, 0.15) is 0 Å². The maximum atomic E-state index is 11.6. The molecule has 0 unspecified atom stereocenters. The molecule has 0 saturated carbocycles. The topological polar surface area (TPSA) is 48.3 Å². The van der Waals surface area contributed by atoms with Crippen LogP contribution in [0.3, 0.4) is 0 Å². The van der Waals surface area contributed by atoms with Crippen molar-refractivity contribution in [3.05, 3.63) is 31.9 Å². The van der Waals surface area contributed by atoms with E-state index in [-0.39, 0.29) is 10.8 Å². The Labute approximate surface area is 105 Å². The zero-order valence-electron chi connectivity index (χ0n) is 10.6. The summed E-state index contributed by atoms with van der Waals surface area (Å²) in [4.78, 5) is 24.0. The molecule has 5 heteroatoms. The van der Waals surface area contributed by atoms with Crippen molar-refractivity contribution in [1.82, 2.24) is 4.57 Å². The first-order chi connectivity index (χ1) is 8.01. The van der Waals surface area contributed by atoms with Gasteiger partial charge < -0.3 is 4.74 Å². The highest BCUT2D eigenvalue weighted by atomic mass is 32.1. The molecule has 1 aromatic heterocycles. The van der Waals surface area contributed by atoms with Crippen LogP contribution in [-0.2, 0) is 16.1 Å². The summed E-state index contributed by atoms with van der Waals surface area (Å²) in [6, 6.07) is 0. The molecule has 1 rings (SSSR count). The van der Waals surface area contributed by atoms with E-state index in [2.05, 4.69) is 4.74 Å². The van der Waals surface area contributed by atoms with Gasteiger partial charge in [0.05, 0.1) is 7.11 Å². The maximum Gasteiger partial charge on any atom is 0.333 e. The van der Waals surface area contributed by atoms with Crippen molar-refractivity contribution in [2.24, 2.45) is 0 Å². The van der Waals surface area contributed by atoms with Gasteiger partial charge in [-0.05, 0) is 20.3 Å². The molecule has 94 valence electrons. The zero-order valence-corrected chi connectivity index (χ0v) is 11.4. The predicted molar refractivity (Wildman–Crippen MR) is 68.4 cm³/mol. The van der Waals surface area contributed by atoms with E-state index in [9.17, 15) is 9.59 Å². The minimum atomic E-state index is -0.329. The van der Waals surface area contributed by atoms with E-state index in [1.165, 1.54) is 18.4 Å². The van der Waals surface area contributed by atoms with Gasteiger partial charge >= 0.3 is 10.8 Å². The van der Waals surface area contributed by atoms with Gasteiger partial charge in [0.25, 0.3) is 0 Å². The molecule has 0 aromatic carbocycles. The molecule has 4 nitrogen and oxygen atoms in total. The third kappa shape index (κ3) is 3.06. The minimum absolute atomic E-state index is 0.0107. The van der Waals surface area contributed by atoms with Crippen molar-refractivity contribution in [2.75, 3.05) is 7.11 Å². The number of rotatable bonds is 4. The zero-order chi connectivity index (χ0) is 13.0. The third-order valence-corrected chi connectivity index (χ3v) is 3.72. The minimum Gasteiger partial charge on any atom is -0.466 e. The summed E-state index contributed by atoms with van der Waals surface area (Å²) in [6.07, 6.45) is 2.36. The average molecular weight is 255 g/mol. The second-order valence-electron chi connectivity index (χ2n) is 3.69. The van der Waals surface area contributed by atoms with E-state index in [4.69, 9.17) is 0 Å². The second kappa shape index (κ2) is 5.82. The molecule has 0 amide bonds. The number of ether oxygens (including phenoxy) is 1. The van der Waals surface area contributed by atoms with Crippen LogP contribution in [0.4, 0.5) is 0 Å². The molecule has 0 aliphatic carbocycles. The number of hydrogen-bond donors (Lipinski definition) is 0. The number of aryl methyl sites for hydroxylation is 1. The third-order valence-electron chi connectivity index (χ3n) is 2.72. The van der Waals surface area contributed by atoms with Gasteiger partial charge in [0.2, 0.25) is 0 Å². The molecular formula is C12H17NO3S. The molecule has 0 radical (unpaired) electrons. The molecule has 0 aliphatic rings. The van der Waals surface area contributed by atoms with Crippen molar-refractivity contribution in [3.8, 4) is 0 Å². The van der Waals surface area contributed by atoms with Crippen LogP contribution < -0.4 is 4.87 Å². The highest BCUT2D eigenvalue weighted by Crippen LogP contribution is 2.10. The van der Waals surface area contributed by atoms with Crippen molar-refractivity contribution in [1.29, 1.82) is 0 Å². The smallest absolute Gasteiger partial charge is 0.333 e. The Morgan fingerprint density at radius 1 is 1.47 bits per heavy atom. The molecular weight excluding hydrogens is 238 g/mol. The lowest BCUT2D eigenvalue weighted by molar-refractivity contribution is -0.136. The first kappa shape index (κ1) is 13.7. The molecule has 0 saturated heterocycles. The first-order valence-electron chi connectivity index (χ1n) is 5.45. The summed E-state index contributed by atoms with van der Waals surface area (Å²) in [5.41, 5.74) is 1.55. The Bertz CT molecular complexity index is 496. The molecule has 1 heterocycles. The Kier molecular flexibility index (Phi) is 4.69. The monoisotopic (exact) mass is 255 g/mol. The first-order valence-corrected chi connectivity index (χ1v) is 6.27. The highest BCUT2D eigenvalue weighted by molar-refractivity contribution is 7.09. The number of nitrogens with zero attached hydrogens (tertiary/aromatic N) is 1. The Morgan fingerprint density at radius 2 is 2.12 bits per heavy atom. The fourth-order valence-corrected chi connectivity index (χ4v) is 2.34. The molecule has 0 N–H and O–H groups in total. The summed E-state index contributed by atoms with van der Waals surface area (Å²) in [6.45, 7) is 6.14. The standard InChI is InChI=1S/C12H17NO3S/c1-5-10(11(14)16-4)6-7-13-8(2)9(3)17-12(13)15/h6H,5,7H2,1-4H3. The number of hydrogen-bond acceptors (Lipinski definition) is 4.